The van der Waals surface area contributed by atoms with Crippen LogP contribution in [0.15, 0.2) is 52.9 Å². The van der Waals surface area contributed by atoms with Crippen molar-refractivity contribution in [2.45, 2.75) is 25.1 Å². The summed E-state index contributed by atoms with van der Waals surface area (Å²) in [5, 5.41) is 1.16. The van der Waals surface area contributed by atoms with Crippen LogP contribution in [-0.2, 0) is 6.42 Å². The van der Waals surface area contributed by atoms with E-state index in [1.165, 1.54) is 16.7 Å². The molecule has 1 heterocycles. The fourth-order valence-electron chi connectivity index (χ4n) is 2.39. The maximum absolute atomic E-state index is 5.91. The highest BCUT2D eigenvalue weighted by atomic mass is 79.9. The molecule has 0 aliphatic heterocycles. The zero-order valence-electron chi connectivity index (χ0n) is 11.7. The predicted molar refractivity (Wildman–Crippen MR) is 87.5 cm³/mol. The monoisotopic (exact) mass is 328 g/mol. The van der Waals surface area contributed by atoms with Crippen LogP contribution in [-0.4, -0.2) is 0 Å². The van der Waals surface area contributed by atoms with Crippen LogP contribution in [0.5, 0.6) is 0 Å². The molecule has 0 amide bonds. The second kappa shape index (κ2) is 5.45. The molecule has 0 saturated carbocycles. The van der Waals surface area contributed by atoms with Gasteiger partial charge in [-0.2, -0.15) is 0 Å². The van der Waals surface area contributed by atoms with Gasteiger partial charge in [0.05, 0.1) is 4.83 Å². The third-order valence-electron chi connectivity index (χ3n) is 3.74. The van der Waals surface area contributed by atoms with Crippen LogP contribution in [0.3, 0.4) is 0 Å². The van der Waals surface area contributed by atoms with E-state index in [1.807, 2.05) is 18.2 Å². The molecule has 1 unspecified atom stereocenters. The number of aryl methyl sites for hydroxylation is 2. The van der Waals surface area contributed by atoms with Gasteiger partial charge in [-0.15, -0.1) is 0 Å². The standard InChI is InChI=1S/C18H17BrO/c1-12-7-8-14(9-13(12)2)10-16(19)18-11-15-5-3-4-6-17(15)20-18/h3-9,11,16H,10H2,1-2H3. The van der Waals surface area contributed by atoms with E-state index in [-0.39, 0.29) is 4.83 Å². The van der Waals surface area contributed by atoms with Crippen LogP contribution in [0.1, 0.15) is 27.3 Å². The highest BCUT2D eigenvalue weighted by molar-refractivity contribution is 9.09. The normalized spacial score (nSPS) is 12.8. The molecule has 2 aromatic carbocycles. The van der Waals surface area contributed by atoms with Crippen LogP contribution in [0.4, 0.5) is 0 Å². The molecule has 0 aliphatic rings. The van der Waals surface area contributed by atoms with E-state index < -0.39 is 0 Å². The molecule has 0 spiro atoms. The van der Waals surface area contributed by atoms with Crippen LogP contribution >= 0.6 is 15.9 Å². The summed E-state index contributed by atoms with van der Waals surface area (Å²) in [6.07, 6.45) is 0.931. The van der Waals surface area contributed by atoms with Crippen LogP contribution in [0, 0.1) is 13.8 Å². The molecule has 102 valence electrons. The predicted octanol–water partition coefficient (Wildman–Crippen LogP) is 5.73. The van der Waals surface area contributed by atoms with Gasteiger partial charge in [0.1, 0.15) is 11.3 Å². The minimum atomic E-state index is 0.206. The topological polar surface area (TPSA) is 13.1 Å². The summed E-state index contributed by atoms with van der Waals surface area (Å²) in [5.41, 5.74) is 4.96. The molecule has 3 rings (SSSR count). The van der Waals surface area contributed by atoms with Crippen molar-refractivity contribution in [1.29, 1.82) is 0 Å². The SMILES string of the molecule is Cc1ccc(CC(Br)c2cc3ccccc3o2)cc1C. The summed E-state index contributed by atoms with van der Waals surface area (Å²) in [4.78, 5) is 0.206. The quantitative estimate of drug-likeness (QED) is 0.559. The largest absolute Gasteiger partial charge is 0.460 e. The van der Waals surface area contributed by atoms with E-state index in [1.54, 1.807) is 0 Å². The Kier molecular flexibility index (Phi) is 3.66. The fourth-order valence-corrected chi connectivity index (χ4v) is 2.99. The van der Waals surface area contributed by atoms with E-state index >= 15 is 0 Å². The van der Waals surface area contributed by atoms with Gasteiger partial charge < -0.3 is 4.42 Å². The van der Waals surface area contributed by atoms with E-state index in [0.29, 0.717) is 0 Å². The number of para-hydroxylation sites is 1. The number of halogens is 1. The first-order chi connectivity index (χ1) is 9.63. The van der Waals surface area contributed by atoms with Crippen molar-refractivity contribution < 1.29 is 4.42 Å². The molecule has 0 bridgehead atoms. The van der Waals surface area contributed by atoms with E-state index in [9.17, 15) is 0 Å². The number of fused-ring (bicyclic) bond motifs is 1. The lowest BCUT2D eigenvalue weighted by atomic mass is 10.0. The molecular formula is C18H17BrO. The van der Waals surface area contributed by atoms with E-state index in [0.717, 1.165) is 23.2 Å². The van der Waals surface area contributed by atoms with Crippen molar-refractivity contribution in [3.8, 4) is 0 Å². The Hall–Kier alpha value is -1.54. The van der Waals surface area contributed by atoms with Gasteiger partial charge in [0.2, 0.25) is 0 Å². The maximum Gasteiger partial charge on any atom is 0.134 e. The third kappa shape index (κ3) is 2.66. The molecule has 0 N–H and O–H groups in total. The Balaban J connectivity index is 1.84. The van der Waals surface area contributed by atoms with Crippen molar-refractivity contribution in [3.63, 3.8) is 0 Å². The Morgan fingerprint density at radius 3 is 2.55 bits per heavy atom. The van der Waals surface area contributed by atoms with Gasteiger partial charge in [0.25, 0.3) is 0 Å². The number of furan rings is 1. The zero-order chi connectivity index (χ0) is 14.1. The third-order valence-corrected chi connectivity index (χ3v) is 4.51. The molecule has 0 saturated heterocycles. The molecule has 1 aromatic heterocycles. The van der Waals surface area contributed by atoms with Crippen molar-refractivity contribution >= 4 is 26.9 Å². The average molecular weight is 329 g/mol. The molecule has 3 aromatic rings. The second-order valence-corrected chi connectivity index (χ2v) is 6.38. The number of alkyl halides is 1. The van der Waals surface area contributed by atoms with Crippen LogP contribution in [0.25, 0.3) is 11.0 Å². The van der Waals surface area contributed by atoms with Gasteiger partial charge in [0, 0.05) is 5.39 Å². The van der Waals surface area contributed by atoms with Crippen molar-refractivity contribution in [2.75, 3.05) is 0 Å². The summed E-state index contributed by atoms with van der Waals surface area (Å²) in [6, 6.07) is 16.9. The number of rotatable bonds is 3. The zero-order valence-corrected chi connectivity index (χ0v) is 13.3. The molecular weight excluding hydrogens is 312 g/mol. The highest BCUT2D eigenvalue weighted by Gasteiger charge is 2.14. The first-order valence-electron chi connectivity index (χ1n) is 6.82. The molecule has 20 heavy (non-hydrogen) atoms. The Bertz CT molecular complexity index is 709. The number of hydrogen-bond acceptors (Lipinski definition) is 1. The van der Waals surface area contributed by atoms with Gasteiger partial charge in [0.15, 0.2) is 0 Å². The average Bonchev–Trinajstić information content (AvgIpc) is 2.87. The van der Waals surface area contributed by atoms with Gasteiger partial charge in [-0.25, -0.2) is 0 Å². The summed E-state index contributed by atoms with van der Waals surface area (Å²) < 4.78 is 5.91. The smallest absolute Gasteiger partial charge is 0.134 e. The molecule has 0 fully saturated rings. The lowest BCUT2D eigenvalue weighted by Gasteiger charge is -2.09. The molecule has 1 atom stereocenters. The Labute approximate surface area is 127 Å². The van der Waals surface area contributed by atoms with Crippen LogP contribution in [0.2, 0.25) is 0 Å². The summed E-state index contributed by atoms with van der Waals surface area (Å²) in [7, 11) is 0. The van der Waals surface area contributed by atoms with Crippen LogP contribution < -0.4 is 0 Å². The van der Waals surface area contributed by atoms with Gasteiger partial charge in [-0.1, -0.05) is 52.3 Å². The minimum Gasteiger partial charge on any atom is -0.460 e. The minimum absolute atomic E-state index is 0.206. The lowest BCUT2D eigenvalue weighted by Crippen LogP contribution is -1.95. The van der Waals surface area contributed by atoms with E-state index in [4.69, 9.17) is 4.42 Å². The Morgan fingerprint density at radius 1 is 1.00 bits per heavy atom. The Morgan fingerprint density at radius 2 is 1.80 bits per heavy atom. The van der Waals surface area contributed by atoms with Crippen molar-refractivity contribution in [3.05, 3.63) is 71.0 Å². The second-order valence-electron chi connectivity index (χ2n) is 5.28. The number of hydrogen-bond donors (Lipinski definition) is 0. The molecule has 0 radical (unpaired) electrons. The highest BCUT2D eigenvalue weighted by Crippen LogP contribution is 2.32. The van der Waals surface area contributed by atoms with E-state index in [2.05, 4.69) is 60.1 Å². The first-order valence-corrected chi connectivity index (χ1v) is 7.74. The van der Waals surface area contributed by atoms with Crippen molar-refractivity contribution in [1.82, 2.24) is 0 Å². The summed E-state index contributed by atoms with van der Waals surface area (Å²) in [6.45, 7) is 4.30. The van der Waals surface area contributed by atoms with Gasteiger partial charge in [-0.05, 0) is 49.1 Å². The lowest BCUT2D eigenvalue weighted by molar-refractivity contribution is 0.545. The first kappa shape index (κ1) is 13.4. The number of benzene rings is 2. The van der Waals surface area contributed by atoms with Gasteiger partial charge >= 0.3 is 0 Å². The molecule has 0 aliphatic carbocycles. The van der Waals surface area contributed by atoms with Crippen molar-refractivity contribution in [2.24, 2.45) is 0 Å². The summed E-state index contributed by atoms with van der Waals surface area (Å²) >= 11 is 3.75. The molecule has 2 heteroatoms. The fraction of sp³-hybridized carbons (Fsp3) is 0.222. The maximum atomic E-state index is 5.91. The summed E-state index contributed by atoms with van der Waals surface area (Å²) in [5.74, 6) is 0.990. The van der Waals surface area contributed by atoms with Gasteiger partial charge in [-0.3, -0.25) is 0 Å². The molecule has 1 nitrogen and oxygen atoms in total.